The van der Waals surface area contributed by atoms with Crippen LogP contribution in [0.2, 0.25) is 0 Å². The molecule has 2 rings (SSSR count). The van der Waals surface area contributed by atoms with Crippen molar-refractivity contribution in [2.45, 2.75) is 11.8 Å². The molecule has 2 aromatic carbocycles. The quantitative estimate of drug-likeness (QED) is 0.362. The topological polar surface area (TPSA) is 95.5 Å². The number of non-ortho nitro benzene ring substituents is 1. The summed E-state index contributed by atoms with van der Waals surface area (Å²) in [7, 11) is 0. The Bertz CT molecular complexity index is 662. The van der Waals surface area contributed by atoms with E-state index in [1.165, 1.54) is 24.3 Å². The normalized spacial score (nSPS) is 11.7. The minimum Gasteiger partial charge on any atom is -0.425 e. The van der Waals surface area contributed by atoms with Crippen LogP contribution in [0.25, 0.3) is 0 Å². The molecule has 0 radical (unpaired) electrons. The average Bonchev–Trinajstić information content (AvgIpc) is 2.56. The lowest BCUT2D eigenvalue weighted by atomic mass is 10.2. The molecular formula is C16H16N2O4S. The van der Waals surface area contributed by atoms with Crippen LogP contribution in [0.4, 0.5) is 5.69 Å². The first-order valence-electron chi connectivity index (χ1n) is 6.89. The first-order valence-corrected chi connectivity index (χ1v) is 8.05. The van der Waals surface area contributed by atoms with Crippen LogP contribution in [0.3, 0.4) is 0 Å². The van der Waals surface area contributed by atoms with Gasteiger partial charge < -0.3 is 10.5 Å². The molecule has 7 heteroatoms. The largest absolute Gasteiger partial charge is 0.425 e. The molecule has 0 heterocycles. The zero-order valence-electron chi connectivity index (χ0n) is 12.3. The van der Waals surface area contributed by atoms with E-state index in [2.05, 4.69) is 0 Å². The maximum absolute atomic E-state index is 11.9. The van der Waals surface area contributed by atoms with Gasteiger partial charge in [0.2, 0.25) is 0 Å². The maximum Gasteiger partial charge on any atom is 0.329 e. The van der Waals surface area contributed by atoms with E-state index >= 15 is 0 Å². The Balaban J connectivity index is 1.79. The molecular weight excluding hydrogens is 316 g/mol. The lowest BCUT2D eigenvalue weighted by Crippen LogP contribution is -2.36. The van der Waals surface area contributed by atoms with E-state index in [1.807, 2.05) is 30.3 Å². The third kappa shape index (κ3) is 5.39. The van der Waals surface area contributed by atoms with E-state index < -0.39 is 16.9 Å². The predicted molar refractivity (Wildman–Crippen MR) is 89.3 cm³/mol. The van der Waals surface area contributed by atoms with Gasteiger partial charge in [-0.05, 0) is 17.7 Å². The minimum atomic E-state index is -0.751. The van der Waals surface area contributed by atoms with Crippen molar-refractivity contribution in [1.82, 2.24) is 0 Å². The van der Waals surface area contributed by atoms with Crippen LogP contribution in [0.15, 0.2) is 54.6 Å². The molecule has 0 bridgehead atoms. The van der Waals surface area contributed by atoms with Crippen molar-refractivity contribution in [1.29, 1.82) is 0 Å². The lowest BCUT2D eigenvalue weighted by Gasteiger charge is -2.11. The number of benzene rings is 2. The molecule has 2 N–H and O–H groups in total. The Morgan fingerprint density at radius 2 is 1.83 bits per heavy atom. The Kier molecular flexibility index (Phi) is 6.13. The molecule has 6 nitrogen and oxygen atoms in total. The maximum atomic E-state index is 11.9. The highest BCUT2D eigenvalue weighted by molar-refractivity contribution is 7.98. The summed E-state index contributed by atoms with van der Waals surface area (Å²) in [5.41, 5.74) is 6.90. The zero-order valence-corrected chi connectivity index (χ0v) is 13.1. The molecule has 0 saturated carbocycles. The molecule has 2 aromatic rings. The summed E-state index contributed by atoms with van der Waals surface area (Å²) in [4.78, 5) is 21.9. The molecule has 120 valence electrons. The van der Waals surface area contributed by atoms with Gasteiger partial charge in [-0.3, -0.25) is 10.1 Å². The number of hydrogen-bond donors (Lipinski definition) is 1. The fourth-order valence-corrected chi connectivity index (χ4v) is 2.71. The number of esters is 1. The van der Waals surface area contributed by atoms with E-state index in [0.717, 1.165) is 11.3 Å². The number of nitrogens with two attached hydrogens (primary N) is 1. The van der Waals surface area contributed by atoms with E-state index in [-0.39, 0.29) is 11.4 Å². The summed E-state index contributed by atoms with van der Waals surface area (Å²) in [6, 6.07) is 14.4. The molecule has 0 amide bonds. The van der Waals surface area contributed by atoms with Crippen LogP contribution < -0.4 is 10.5 Å². The highest BCUT2D eigenvalue weighted by Gasteiger charge is 2.16. The molecule has 0 unspecified atom stereocenters. The Morgan fingerprint density at radius 1 is 1.17 bits per heavy atom. The van der Waals surface area contributed by atoms with Gasteiger partial charge in [0, 0.05) is 23.6 Å². The monoisotopic (exact) mass is 332 g/mol. The smallest absolute Gasteiger partial charge is 0.329 e. The van der Waals surface area contributed by atoms with Gasteiger partial charge >= 0.3 is 5.97 Å². The number of carbonyl (C=O) groups excluding carboxylic acids is 1. The van der Waals surface area contributed by atoms with E-state index in [4.69, 9.17) is 10.5 Å². The van der Waals surface area contributed by atoms with Crippen molar-refractivity contribution in [3.8, 4) is 5.75 Å². The third-order valence-corrected chi connectivity index (χ3v) is 4.11. The van der Waals surface area contributed by atoms with Crippen molar-refractivity contribution in [2.75, 3.05) is 5.75 Å². The Hall–Kier alpha value is -2.38. The van der Waals surface area contributed by atoms with E-state index in [9.17, 15) is 14.9 Å². The summed E-state index contributed by atoms with van der Waals surface area (Å²) < 4.78 is 5.11. The predicted octanol–water partition coefficient (Wildman–Crippen LogP) is 2.76. The van der Waals surface area contributed by atoms with Gasteiger partial charge in [0.15, 0.2) is 0 Å². The van der Waals surface area contributed by atoms with Crippen LogP contribution in [-0.2, 0) is 10.5 Å². The number of carbonyl (C=O) groups is 1. The number of rotatable bonds is 7. The summed E-state index contributed by atoms with van der Waals surface area (Å²) in [6.07, 6.45) is 0. The minimum absolute atomic E-state index is 0.0625. The second-order valence-electron chi connectivity index (χ2n) is 4.78. The number of nitro benzene ring substituents is 1. The van der Waals surface area contributed by atoms with Gasteiger partial charge in [0.25, 0.3) is 5.69 Å². The van der Waals surface area contributed by atoms with Crippen molar-refractivity contribution >= 4 is 23.4 Å². The van der Waals surface area contributed by atoms with Crippen molar-refractivity contribution in [3.05, 3.63) is 70.3 Å². The van der Waals surface area contributed by atoms with Gasteiger partial charge in [0.05, 0.1) is 4.92 Å². The Labute approximate surface area is 137 Å². The molecule has 0 spiro atoms. The molecule has 0 aliphatic carbocycles. The van der Waals surface area contributed by atoms with Crippen LogP contribution >= 0.6 is 11.8 Å². The molecule has 0 aliphatic rings. The summed E-state index contributed by atoms with van der Waals surface area (Å²) in [6.45, 7) is 0. The number of nitro groups is 1. The zero-order chi connectivity index (χ0) is 16.7. The van der Waals surface area contributed by atoms with E-state index in [1.54, 1.807) is 11.8 Å². The second kappa shape index (κ2) is 8.30. The van der Waals surface area contributed by atoms with Crippen LogP contribution in [0, 0.1) is 10.1 Å². The van der Waals surface area contributed by atoms with Crippen molar-refractivity contribution in [3.63, 3.8) is 0 Å². The van der Waals surface area contributed by atoms with Crippen LogP contribution in [-0.4, -0.2) is 22.7 Å². The number of ether oxygens (including phenoxy) is 1. The fraction of sp³-hybridized carbons (Fsp3) is 0.188. The van der Waals surface area contributed by atoms with Crippen LogP contribution in [0.1, 0.15) is 5.56 Å². The highest BCUT2D eigenvalue weighted by atomic mass is 32.2. The van der Waals surface area contributed by atoms with Gasteiger partial charge in [-0.15, -0.1) is 0 Å². The SMILES string of the molecule is N[C@@H](CSCc1ccccc1)C(=O)Oc1ccc([N+](=O)[O-])cc1. The standard InChI is InChI=1S/C16H16N2O4S/c17-15(11-23-10-12-4-2-1-3-5-12)16(19)22-14-8-6-13(7-9-14)18(20)21/h1-9,15H,10-11,17H2/t15-/m0/s1. The molecule has 0 aliphatic heterocycles. The second-order valence-corrected chi connectivity index (χ2v) is 5.81. The number of nitrogens with zero attached hydrogens (tertiary/aromatic N) is 1. The Morgan fingerprint density at radius 3 is 2.43 bits per heavy atom. The highest BCUT2D eigenvalue weighted by Crippen LogP contribution is 2.18. The molecule has 0 fully saturated rings. The molecule has 1 atom stereocenters. The van der Waals surface area contributed by atoms with Crippen molar-refractivity contribution < 1.29 is 14.5 Å². The van der Waals surface area contributed by atoms with Crippen LogP contribution in [0.5, 0.6) is 5.75 Å². The molecule has 0 saturated heterocycles. The lowest BCUT2D eigenvalue weighted by molar-refractivity contribution is -0.384. The van der Waals surface area contributed by atoms with Gasteiger partial charge in [-0.2, -0.15) is 11.8 Å². The number of hydrogen-bond acceptors (Lipinski definition) is 6. The van der Waals surface area contributed by atoms with Gasteiger partial charge in [0.1, 0.15) is 11.8 Å². The average molecular weight is 332 g/mol. The van der Waals surface area contributed by atoms with Crippen molar-refractivity contribution in [2.24, 2.45) is 5.73 Å². The first kappa shape index (κ1) is 17.0. The summed E-state index contributed by atoms with van der Waals surface area (Å²) in [5, 5.41) is 10.6. The fourth-order valence-electron chi connectivity index (χ4n) is 1.77. The summed E-state index contributed by atoms with van der Waals surface area (Å²) in [5.74, 6) is 0.878. The van der Waals surface area contributed by atoms with E-state index in [0.29, 0.717) is 5.75 Å². The third-order valence-electron chi connectivity index (χ3n) is 2.98. The van der Waals surface area contributed by atoms with Gasteiger partial charge in [-0.25, -0.2) is 4.79 Å². The first-order chi connectivity index (χ1) is 11.1. The molecule has 23 heavy (non-hydrogen) atoms. The van der Waals surface area contributed by atoms with Gasteiger partial charge in [-0.1, -0.05) is 30.3 Å². The number of thioether (sulfide) groups is 1. The summed E-state index contributed by atoms with van der Waals surface area (Å²) >= 11 is 1.54. The molecule has 0 aromatic heterocycles.